The number of carbonyl (C=O) groups excluding carboxylic acids is 1. The summed E-state index contributed by atoms with van der Waals surface area (Å²) in [6.07, 6.45) is 1.26. The van der Waals surface area contributed by atoms with Crippen LogP contribution in [0.15, 0.2) is 12.1 Å². The number of carbonyl (C=O) groups is 2. The van der Waals surface area contributed by atoms with Gasteiger partial charge in [0.15, 0.2) is 11.5 Å². The van der Waals surface area contributed by atoms with Crippen LogP contribution in [0, 0.1) is 0 Å². The molecule has 0 spiro atoms. The zero-order chi connectivity index (χ0) is 21.0. The molecule has 2 aliphatic rings. The number of hydrogen-bond donors (Lipinski definition) is 3. The van der Waals surface area contributed by atoms with Crippen LogP contribution in [-0.4, -0.2) is 67.3 Å². The first-order valence-electron chi connectivity index (χ1n) is 9.80. The van der Waals surface area contributed by atoms with Crippen molar-refractivity contribution in [3.05, 3.63) is 23.3 Å². The smallest absolute Gasteiger partial charge is 0.404 e. The molecule has 0 aliphatic carbocycles. The van der Waals surface area contributed by atoms with Crippen molar-refractivity contribution in [3.63, 3.8) is 0 Å². The molecule has 3 atom stereocenters. The SMILES string of the molecule is COc1cc2c(cc1OC)C1CC(NC(=O)O)C(NC(=O)CCCCl)CN1CC2. The first-order valence-corrected chi connectivity index (χ1v) is 10.3. The molecule has 160 valence electrons. The van der Waals surface area contributed by atoms with Crippen molar-refractivity contribution in [2.45, 2.75) is 43.8 Å². The van der Waals surface area contributed by atoms with E-state index < -0.39 is 6.09 Å². The van der Waals surface area contributed by atoms with Gasteiger partial charge in [0.1, 0.15) is 0 Å². The van der Waals surface area contributed by atoms with Crippen molar-refractivity contribution in [2.75, 3.05) is 33.2 Å². The second-order valence-corrected chi connectivity index (χ2v) is 7.80. The first kappa shape index (κ1) is 21.5. The minimum absolute atomic E-state index is 0.0476. The Morgan fingerprint density at radius 1 is 1.21 bits per heavy atom. The van der Waals surface area contributed by atoms with Gasteiger partial charge in [-0.15, -0.1) is 11.6 Å². The number of benzene rings is 1. The fourth-order valence-electron chi connectivity index (χ4n) is 4.33. The van der Waals surface area contributed by atoms with E-state index in [9.17, 15) is 14.7 Å². The van der Waals surface area contributed by atoms with Crippen LogP contribution in [-0.2, 0) is 11.2 Å². The summed E-state index contributed by atoms with van der Waals surface area (Å²) in [6.45, 7) is 1.41. The highest BCUT2D eigenvalue weighted by atomic mass is 35.5. The topological polar surface area (TPSA) is 100 Å². The number of nitrogens with zero attached hydrogens (tertiary/aromatic N) is 1. The molecule has 1 aromatic rings. The number of amides is 2. The fourth-order valence-corrected chi connectivity index (χ4v) is 4.46. The molecule has 3 unspecified atom stereocenters. The van der Waals surface area contributed by atoms with Crippen LogP contribution < -0.4 is 20.1 Å². The molecule has 1 fully saturated rings. The number of nitrogens with one attached hydrogen (secondary N) is 2. The third-order valence-electron chi connectivity index (χ3n) is 5.70. The van der Waals surface area contributed by atoms with Gasteiger partial charge in [-0.1, -0.05) is 0 Å². The molecule has 0 aromatic heterocycles. The second-order valence-electron chi connectivity index (χ2n) is 7.42. The number of fused-ring (bicyclic) bond motifs is 3. The van der Waals surface area contributed by atoms with Gasteiger partial charge in [0.2, 0.25) is 5.91 Å². The number of methoxy groups -OCH3 is 2. The number of piperidine rings is 1. The molecule has 2 heterocycles. The maximum Gasteiger partial charge on any atom is 0.404 e. The number of hydrogen-bond acceptors (Lipinski definition) is 5. The van der Waals surface area contributed by atoms with E-state index >= 15 is 0 Å². The summed E-state index contributed by atoms with van der Waals surface area (Å²) in [5.74, 6) is 1.67. The van der Waals surface area contributed by atoms with E-state index in [-0.39, 0.29) is 24.0 Å². The Bertz CT molecular complexity index is 760. The van der Waals surface area contributed by atoms with E-state index in [0.29, 0.717) is 43.2 Å². The second kappa shape index (κ2) is 9.54. The van der Waals surface area contributed by atoms with Crippen molar-refractivity contribution in [3.8, 4) is 11.5 Å². The molecule has 1 saturated heterocycles. The van der Waals surface area contributed by atoms with Gasteiger partial charge in [-0.05, 0) is 42.5 Å². The van der Waals surface area contributed by atoms with Gasteiger partial charge in [-0.2, -0.15) is 0 Å². The summed E-state index contributed by atoms with van der Waals surface area (Å²) >= 11 is 5.67. The normalized spacial score (nSPS) is 23.5. The standard InChI is InChI=1S/C20H28ClN3O5/c1-28-17-8-12-5-7-24-11-15(22-19(25)4-3-6-21)14(23-20(26)27)10-16(24)13(12)9-18(17)29-2/h8-9,14-16,23H,3-7,10-11H2,1-2H3,(H,22,25)(H,26,27). The minimum atomic E-state index is -1.09. The summed E-state index contributed by atoms with van der Waals surface area (Å²) in [4.78, 5) is 25.9. The summed E-state index contributed by atoms with van der Waals surface area (Å²) < 4.78 is 10.9. The van der Waals surface area contributed by atoms with Crippen molar-refractivity contribution in [1.82, 2.24) is 15.5 Å². The molecule has 0 bridgehead atoms. The lowest BCUT2D eigenvalue weighted by Gasteiger charge is -2.47. The first-order chi connectivity index (χ1) is 14.0. The molecular formula is C20H28ClN3O5. The Morgan fingerprint density at radius 2 is 1.93 bits per heavy atom. The van der Waals surface area contributed by atoms with Gasteiger partial charge in [0.05, 0.1) is 26.3 Å². The lowest BCUT2D eigenvalue weighted by molar-refractivity contribution is -0.122. The molecule has 2 amide bonds. The van der Waals surface area contributed by atoms with E-state index in [1.807, 2.05) is 12.1 Å². The number of carboxylic acid groups (broad SMARTS) is 1. The van der Waals surface area contributed by atoms with Gasteiger partial charge in [-0.3, -0.25) is 9.69 Å². The van der Waals surface area contributed by atoms with Crippen LogP contribution in [0.2, 0.25) is 0 Å². The van der Waals surface area contributed by atoms with Gasteiger partial charge < -0.3 is 25.2 Å². The highest BCUT2D eigenvalue weighted by molar-refractivity contribution is 6.17. The van der Waals surface area contributed by atoms with Gasteiger partial charge in [0, 0.05) is 31.4 Å². The van der Waals surface area contributed by atoms with Gasteiger partial charge in [0.25, 0.3) is 0 Å². The maximum atomic E-state index is 12.2. The minimum Gasteiger partial charge on any atom is -0.493 e. The van der Waals surface area contributed by atoms with Crippen LogP contribution in [0.4, 0.5) is 4.79 Å². The molecule has 2 aliphatic heterocycles. The average Bonchev–Trinajstić information content (AvgIpc) is 2.71. The van der Waals surface area contributed by atoms with Crippen LogP contribution in [0.25, 0.3) is 0 Å². The van der Waals surface area contributed by atoms with Crippen LogP contribution in [0.1, 0.15) is 36.4 Å². The van der Waals surface area contributed by atoms with E-state index in [4.69, 9.17) is 21.1 Å². The third-order valence-corrected chi connectivity index (χ3v) is 5.97. The van der Waals surface area contributed by atoms with E-state index in [1.165, 1.54) is 5.56 Å². The fraction of sp³-hybridized carbons (Fsp3) is 0.600. The van der Waals surface area contributed by atoms with Gasteiger partial charge in [-0.25, -0.2) is 4.79 Å². The highest BCUT2D eigenvalue weighted by Crippen LogP contribution is 2.41. The number of rotatable bonds is 7. The van der Waals surface area contributed by atoms with E-state index in [2.05, 4.69) is 15.5 Å². The Labute approximate surface area is 175 Å². The Hall–Kier alpha value is -2.19. The quantitative estimate of drug-likeness (QED) is 0.579. The van der Waals surface area contributed by atoms with Crippen LogP contribution >= 0.6 is 11.6 Å². The molecule has 3 rings (SSSR count). The van der Waals surface area contributed by atoms with Crippen LogP contribution in [0.5, 0.6) is 11.5 Å². The Kier molecular flexibility index (Phi) is 7.08. The number of ether oxygens (including phenoxy) is 2. The van der Waals surface area contributed by atoms with Crippen molar-refractivity contribution in [1.29, 1.82) is 0 Å². The molecule has 0 radical (unpaired) electrons. The van der Waals surface area contributed by atoms with Crippen LogP contribution in [0.3, 0.4) is 0 Å². The molecule has 3 N–H and O–H groups in total. The van der Waals surface area contributed by atoms with Gasteiger partial charge >= 0.3 is 6.09 Å². The predicted molar refractivity (Wildman–Crippen MR) is 109 cm³/mol. The zero-order valence-electron chi connectivity index (χ0n) is 16.7. The molecule has 9 heteroatoms. The molecular weight excluding hydrogens is 398 g/mol. The Balaban J connectivity index is 1.83. The maximum absolute atomic E-state index is 12.2. The lowest BCUT2D eigenvalue weighted by Crippen LogP contribution is -2.62. The summed E-state index contributed by atoms with van der Waals surface area (Å²) in [6, 6.07) is 3.37. The summed E-state index contributed by atoms with van der Waals surface area (Å²) in [5, 5.41) is 14.9. The zero-order valence-corrected chi connectivity index (χ0v) is 17.5. The Morgan fingerprint density at radius 3 is 2.59 bits per heavy atom. The predicted octanol–water partition coefficient (Wildman–Crippen LogP) is 2.15. The van der Waals surface area contributed by atoms with Crippen molar-refractivity contribution in [2.24, 2.45) is 0 Å². The summed E-state index contributed by atoms with van der Waals surface area (Å²) in [7, 11) is 3.22. The third kappa shape index (κ3) is 4.87. The largest absolute Gasteiger partial charge is 0.493 e. The molecule has 1 aromatic carbocycles. The van der Waals surface area contributed by atoms with E-state index in [1.54, 1.807) is 14.2 Å². The lowest BCUT2D eigenvalue weighted by atomic mass is 9.83. The number of halogens is 1. The molecule has 29 heavy (non-hydrogen) atoms. The monoisotopic (exact) mass is 425 g/mol. The van der Waals surface area contributed by atoms with Crippen molar-refractivity contribution >= 4 is 23.6 Å². The molecule has 8 nitrogen and oxygen atoms in total. The molecule has 0 saturated carbocycles. The summed E-state index contributed by atoms with van der Waals surface area (Å²) in [5.41, 5.74) is 2.31. The number of alkyl halides is 1. The average molecular weight is 426 g/mol. The van der Waals surface area contributed by atoms with E-state index in [0.717, 1.165) is 18.5 Å². The van der Waals surface area contributed by atoms with Crippen molar-refractivity contribution < 1.29 is 24.2 Å². The highest BCUT2D eigenvalue weighted by Gasteiger charge is 2.40.